The molecule has 1 saturated heterocycles. The number of amides is 2. The van der Waals surface area contributed by atoms with Crippen molar-refractivity contribution in [3.63, 3.8) is 0 Å². The number of aliphatic hydroxyl groups is 1. The van der Waals surface area contributed by atoms with Crippen LogP contribution in [0.1, 0.15) is 13.8 Å². The second-order valence-electron chi connectivity index (χ2n) is 5.84. The molecule has 1 aliphatic rings. The maximum Gasteiger partial charge on any atom is 0.313 e. The maximum atomic E-state index is 12.3. The zero-order valence-corrected chi connectivity index (χ0v) is 15.4. The van der Waals surface area contributed by atoms with Crippen LogP contribution in [0, 0.1) is 0 Å². The monoisotopic (exact) mass is 365 g/mol. The largest absolute Gasteiger partial charge is 0.490 e. The second kappa shape index (κ2) is 9.98. The fourth-order valence-corrected chi connectivity index (χ4v) is 2.77. The highest BCUT2D eigenvalue weighted by Crippen LogP contribution is 2.30. The first-order chi connectivity index (χ1) is 12.6. The maximum absolute atomic E-state index is 12.3. The smallest absolute Gasteiger partial charge is 0.313 e. The summed E-state index contributed by atoms with van der Waals surface area (Å²) >= 11 is 0. The number of carbonyl (C=O) groups is 2. The Kier molecular flexibility index (Phi) is 7.68. The first kappa shape index (κ1) is 20.0. The van der Waals surface area contributed by atoms with Gasteiger partial charge in [0.05, 0.1) is 19.8 Å². The highest BCUT2D eigenvalue weighted by Gasteiger charge is 2.26. The lowest BCUT2D eigenvalue weighted by atomic mass is 10.2. The van der Waals surface area contributed by atoms with Crippen molar-refractivity contribution in [2.45, 2.75) is 13.8 Å². The summed E-state index contributed by atoms with van der Waals surface area (Å²) in [5, 5.41) is 11.6. The third kappa shape index (κ3) is 5.34. The minimum Gasteiger partial charge on any atom is -0.490 e. The van der Waals surface area contributed by atoms with Crippen LogP contribution in [0.3, 0.4) is 0 Å². The topological polar surface area (TPSA) is 91.3 Å². The van der Waals surface area contributed by atoms with E-state index in [1.54, 1.807) is 18.2 Å². The van der Waals surface area contributed by atoms with E-state index in [0.29, 0.717) is 63.1 Å². The standard InChI is InChI=1S/C18H27N3O5/c1-3-25-15-6-5-14(13-16(15)26-4-2)19-17(23)18(24)21-9-7-20(8-10-21)11-12-22/h5-6,13,22H,3-4,7-12H2,1-2H3,(H,19,23). The van der Waals surface area contributed by atoms with Gasteiger partial charge in [0.2, 0.25) is 0 Å². The third-order valence-corrected chi connectivity index (χ3v) is 4.07. The van der Waals surface area contributed by atoms with Crippen LogP contribution in [-0.2, 0) is 9.59 Å². The van der Waals surface area contributed by atoms with E-state index in [4.69, 9.17) is 14.6 Å². The van der Waals surface area contributed by atoms with Crippen molar-refractivity contribution < 1.29 is 24.2 Å². The normalized spacial score (nSPS) is 14.8. The van der Waals surface area contributed by atoms with Crippen molar-refractivity contribution in [3.8, 4) is 11.5 Å². The number of nitrogens with one attached hydrogen (secondary N) is 1. The van der Waals surface area contributed by atoms with Crippen LogP contribution in [0.2, 0.25) is 0 Å². The van der Waals surface area contributed by atoms with E-state index < -0.39 is 11.8 Å². The first-order valence-electron chi connectivity index (χ1n) is 8.92. The van der Waals surface area contributed by atoms with Crippen LogP contribution in [0.25, 0.3) is 0 Å². The highest BCUT2D eigenvalue weighted by molar-refractivity contribution is 6.39. The first-order valence-corrected chi connectivity index (χ1v) is 8.92. The van der Waals surface area contributed by atoms with Crippen LogP contribution in [0.15, 0.2) is 18.2 Å². The summed E-state index contributed by atoms with van der Waals surface area (Å²) in [6, 6.07) is 5.04. The lowest BCUT2D eigenvalue weighted by Gasteiger charge is -2.33. The number of anilines is 1. The molecule has 26 heavy (non-hydrogen) atoms. The molecule has 1 aromatic rings. The molecule has 0 unspecified atom stereocenters. The van der Waals surface area contributed by atoms with Gasteiger partial charge in [-0.15, -0.1) is 0 Å². The number of carbonyl (C=O) groups excluding carboxylic acids is 2. The molecule has 0 radical (unpaired) electrons. The quantitative estimate of drug-likeness (QED) is 0.686. The van der Waals surface area contributed by atoms with Crippen molar-refractivity contribution in [3.05, 3.63) is 18.2 Å². The number of ether oxygens (including phenoxy) is 2. The van der Waals surface area contributed by atoms with E-state index in [9.17, 15) is 9.59 Å². The number of hydrogen-bond donors (Lipinski definition) is 2. The molecule has 2 N–H and O–H groups in total. The van der Waals surface area contributed by atoms with Crippen molar-refractivity contribution >= 4 is 17.5 Å². The van der Waals surface area contributed by atoms with Gasteiger partial charge >= 0.3 is 11.8 Å². The molecule has 0 saturated carbocycles. The van der Waals surface area contributed by atoms with Crippen LogP contribution >= 0.6 is 0 Å². The molecule has 8 nitrogen and oxygen atoms in total. The predicted octanol–water partition coefficient (Wildman–Crippen LogP) is 0.559. The van der Waals surface area contributed by atoms with Gasteiger partial charge < -0.3 is 24.8 Å². The molecule has 8 heteroatoms. The molecule has 0 aromatic heterocycles. The number of nitrogens with zero attached hydrogens (tertiary/aromatic N) is 2. The molecular formula is C18H27N3O5. The van der Waals surface area contributed by atoms with Crippen molar-refractivity contribution in [2.24, 2.45) is 0 Å². The summed E-state index contributed by atoms with van der Waals surface area (Å²) in [5.74, 6) is -0.108. The van der Waals surface area contributed by atoms with E-state index in [-0.39, 0.29) is 6.61 Å². The van der Waals surface area contributed by atoms with Gasteiger partial charge in [-0.3, -0.25) is 14.5 Å². The number of β-amino-alcohol motifs (C(OH)–C–C–N with tert-alkyl or cyclic N) is 1. The molecule has 0 bridgehead atoms. The number of piperazine rings is 1. The Morgan fingerprint density at radius 3 is 2.35 bits per heavy atom. The molecular weight excluding hydrogens is 338 g/mol. The Labute approximate surface area is 153 Å². The average Bonchev–Trinajstić information content (AvgIpc) is 2.64. The summed E-state index contributed by atoms with van der Waals surface area (Å²) in [6.07, 6.45) is 0. The van der Waals surface area contributed by atoms with Gasteiger partial charge in [0, 0.05) is 44.5 Å². The van der Waals surface area contributed by atoms with E-state index >= 15 is 0 Å². The van der Waals surface area contributed by atoms with E-state index in [1.165, 1.54) is 4.90 Å². The zero-order chi connectivity index (χ0) is 18.9. The van der Waals surface area contributed by atoms with E-state index in [0.717, 1.165) is 0 Å². The van der Waals surface area contributed by atoms with Gasteiger partial charge in [-0.2, -0.15) is 0 Å². The fourth-order valence-electron chi connectivity index (χ4n) is 2.77. The summed E-state index contributed by atoms with van der Waals surface area (Å²) in [7, 11) is 0. The molecule has 0 aliphatic carbocycles. The lowest BCUT2D eigenvalue weighted by molar-refractivity contribution is -0.144. The van der Waals surface area contributed by atoms with Crippen LogP contribution in [0.5, 0.6) is 11.5 Å². The molecule has 1 aliphatic heterocycles. The van der Waals surface area contributed by atoms with Gasteiger partial charge in [0.1, 0.15) is 0 Å². The SMILES string of the molecule is CCOc1ccc(NC(=O)C(=O)N2CCN(CCO)CC2)cc1OCC. The zero-order valence-electron chi connectivity index (χ0n) is 15.4. The Balaban J connectivity index is 1.96. The van der Waals surface area contributed by atoms with Crippen LogP contribution in [-0.4, -0.2) is 79.3 Å². The van der Waals surface area contributed by atoms with Gasteiger partial charge in [-0.1, -0.05) is 0 Å². The Hall–Kier alpha value is -2.32. The molecule has 2 amide bonds. The number of benzene rings is 1. The van der Waals surface area contributed by atoms with E-state index in [1.807, 2.05) is 13.8 Å². The van der Waals surface area contributed by atoms with Crippen molar-refractivity contribution in [1.82, 2.24) is 9.80 Å². The minimum absolute atomic E-state index is 0.0916. The van der Waals surface area contributed by atoms with Crippen molar-refractivity contribution in [2.75, 3.05) is 57.9 Å². The van der Waals surface area contributed by atoms with E-state index in [2.05, 4.69) is 10.2 Å². The summed E-state index contributed by atoms with van der Waals surface area (Å²) in [5.41, 5.74) is 0.481. The molecule has 0 spiro atoms. The van der Waals surface area contributed by atoms with Gasteiger partial charge in [-0.25, -0.2) is 0 Å². The molecule has 1 aromatic carbocycles. The number of aliphatic hydroxyl groups excluding tert-OH is 1. The summed E-state index contributed by atoms with van der Waals surface area (Å²) < 4.78 is 11.0. The number of hydrogen-bond acceptors (Lipinski definition) is 6. The fraction of sp³-hybridized carbons (Fsp3) is 0.556. The Morgan fingerprint density at radius 1 is 1.08 bits per heavy atom. The minimum atomic E-state index is -0.674. The second-order valence-corrected chi connectivity index (χ2v) is 5.84. The van der Waals surface area contributed by atoms with Crippen molar-refractivity contribution in [1.29, 1.82) is 0 Å². The average molecular weight is 365 g/mol. The molecule has 0 atom stereocenters. The summed E-state index contributed by atoms with van der Waals surface area (Å²) in [6.45, 7) is 7.63. The number of rotatable bonds is 7. The molecule has 144 valence electrons. The Bertz CT molecular complexity index is 615. The van der Waals surface area contributed by atoms with Crippen LogP contribution < -0.4 is 14.8 Å². The van der Waals surface area contributed by atoms with Gasteiger partial charge in [0.25, 0.3) is 0 Å². The van der Waals surface area contributed by atoms with Gasteiger partial charge in [-0.05, 0) is 26.0 Å². The lowest BCUT2D eigenvalue weighted by Crippen LogP contribution is -2.52. The predicted molar refractivity (Wildman–Crippen MR) is 97.5 cm³/mol. The molecule has 1 fully saturated rings. The third-order valence-electron chi connectivity index (χ3n) is 4.07. The molecule has 1 heterocycles. The van der Waals surface area contributed by atoms with Crippen LogP contribution in [0.4, 0.5) is 5.69 Å². The van der Waals surface area contributed by atoms with Gasteiger partial charge in [0.15, 0.2) is 11.5 Å². The highest BCUT2D eigenvalue weighted by atomic mass is 16.5. The molecule has 2 rings (SSSR count). The summed E-state index contributed by atoms with van der Waals surface area (Å²) in [4.78, 5) is 28.2. The Morgan fingerprint density at radius 2 is 1.73 bits per heavy atom.